The van der Waals surface area contributed by atoms with Gasteiger partial charge in [0.15, 0.2) is 5.78 Å². The molecule has 1 aromatic rings. The minimum atomic E-state index is -1.04. The zero-order valence-corrected chi connectivity index (χ0v) is 13.6. The maximum atomic E-state index is 12.3. The zero-order chi connectivity index (χ0) is 17.7. The third-order valence-electron chi connectivity index (χ3n) is 3.95. The van der Waals surface area contributed by atoms with Crippen molar-refractivity contribution < 1.29 is 29.6 Å². The number of phenolic OH excluding ortho intramolecular Hbond substituents is 2. The van der Waals surface area contributed by atoms with E-state index in [0.717, 1.165) is 6.07 Å². The summed E-state index contributed by atoms with van der Waals surface area (Å²) in [5.41, 5.74) is 0.537. The Morgan fingerprint density at radius 2 is 1.92 bits per heavy atom. The van der Waals surface area contributed by atoms with Crippen LogP contribution in [0.3, 0.4) is 0 Å². The van der Waals surface area contributed by atoms with Gasteiger partial charge in [0.25, 0.3) is 0 Å². The van der Waals surface area contributed by atoms with Crippen LogP contribution in [0.1, 0.15) is 48.5 Å². The number of benzene rings is 1. The zero-order valence-electron chi connectivity index (χ0n) is 13.6. The quantitative estimate of drug-likeness (QED) is 0.629. The Balaban J connectivity index is 2.30. The van der Waals surface area contributed by atoms with Crippen molar-refractivity contribution in [1.82, 2.24) is 0 Å². The summed E-state index contributed by atoms with van der Waals surface area (Å²) >= 11 is 0. The summed E-state index contributed by atoms with van der Waals surface area (Å²) in [6.07, 6.45) is 3.55. The van der Waals surface area contributed by atoms with Gasteiger partial charge in [-0.25, -0.2) is 4.79 Å². The minimum absolute atomic E-state index is 0.0531. The second-order valence-corrected chi connectivity index (χ2v) is 6.02. The van der Waals surface area contributed by atoms with Gasteiger partial charge in [0, 0.05) is 12.5 Å². The lowest BCUT2D eigenvalue weighted by atomic mass is 9.98. The number of aliphatic hydroxyl groups excluding tert-OH is 1. The molecule has 0 bridgehead atoms. The van der Waals surface area contributed by atoms with Crippen LogP contribution in [0.4, 0.5) is 0 Å². The van der Waals surface area contributed by atoms with Gasteiger partial charge in [0.1, 0.15) is 29.3 Å². The number of ketones is 1. The maximum absolute atomic E-state index is 12.3. The largest absolute Gasteiger partial charge is 0.508 e. The summed E-state index contributed by atoms with van der Waals surface area (Å²) in [7, 11) is 0. The van der Waals surface area contributed by atoms with Crippen LogP contribution in [0.2, 0.25) is 0 Å². The highest BCUT2D eigenvalue weighted by Gasteiger charge is 2.21. The molecule has 1 heterocycles. The second-order valence-electron chi connectivity index (χ2n) is 6.02. The van der Waals surface area contributed by atoms with E-state index in [4.69, 9.17) is 4.74 Å². The molecular weight excluding hydrogens is 312 g/mol. The lowest BCUT2D eigenvalue weighted by Crippen LogP contribution is -2.19. The average Bonchev–Trinajstić information content (AvgIpc) is 2.49. The molecule has 0 saturated carbocycles. The molecule has 2 unspecified atom stereocenters. The Morgan fingerprint density at radius 1 is 1.17 bits per heavy atom. The maximum Gasteiger partial charge on any atom is 0.342 e. The summed E-state index contributed by atoms with van der Waals surface area (Å²) < 4.78 is 5.30. The van der Waals surface area contributed by atoms with Crippen molar-refractivity contribution in [3.05, 3.63) is 35.4 Å². The number of carbonyl (C=O) groups excluding carboxylic acids is 2. The Kier molecular flexibility index (Phi) is 5.98. The highest BCUT2D eigenvalue weighted by Crippen LogP contribution is 2.30. The fourth-order valence-electron chi connectivity index (χ4n) is 2.67. The van der Waals surface area contributed by atoms with Gasteiger partial charge in [-0.1, -0.05) is 12.5 Å². The molecule has 0 fully saturated rings. The predicted octanol–water partition coefficient (Wildman–Crippen LogP) is 2.25. The molecule has 0 saturated heterocycles. The van der Waals surface area contributed by atoms with Crippen molar-refractivity contribution in [2.24, 2.45) is 0 Å². The molecule has 6 nitrogen and oxygen atoms in total. The molecule has 1 aliphatic heterocycles. The monoisotopic (exact) mass is 334 g/mol. The Hall–Kier alpha value is -2.34. The third kappa shape index (κ3) is 4.58. The van der Waals surface area contributed by atoms with Crippen molar-refractivity contribution in [1.29, 1.82) is 0 Å². The lowest BCUT2D eigenvalue weighted by Gasteiger charge is -2.16. The van der Waals surface area contributed by atoms with E-state index in [1.54, 1.807) is 13.0 Å². The van der Waals surface area contributed by atoms with Crippen molar-refractivity contribution in [2.45, 2.75) is 51.2 Å². The lowest BCUT2D eigenvalue weighted by molar-refractivity contribution is -0.122. The van der Waals surface area contributed by atoms with E-state index in [1.807, 2.05) is 0 Å². The Bertz CT molecular complexity index is 649. The van der Waals surface area contributed by atoms with Crippen molar-refractivity contribution in [3.8, 4) is 11.5 Å². The first-order chi connectivity index (χ1) is 11.4. The highest BCUT2D eigenvalue weighted by atomic mass is 16.5. The van der Waals surface area contributed by atoms with E-state index in [1.165, 1.54) is 12.1 Å². The summed E-state index contributed by atoms with van der Waals surface area (Å²) in [5, 5.41) is 29.5. The number of hydrogen-bond acceptors (Lipinski definition) is 6. The molecule has 2 atom stereocenters. The number of aromatic hydroxyl groups is 2. The van der Waals surface area contributed by atoms with Gasteiger partial charge >= 0.3 is 5.97 Å². The second kappa shape index (κ2) is 7.97. The molecule has 0 spiro atoms. The minimum Gasteiger partial charge on any atom is -0.508 e. The highest BCUT2D eigenvalue weighted by molar-refractivity contribution is 5.95. The van der Waals surface area contributed by atoms with Crippen LogP contribution in [0, 0.1) is 0 Å². The van der Waals surface area contributed by atoms with Crippen LogP contribution in [0.5, 0.6) is 11.5 Å². The molecule has 130 valence electrons. The first kappa shape index (κ1) is 18.0. The third-order valence-corrected chi connectivity index (χ3v) is 3.95. The molecule has 3 N–H and O–H groups in total. The molecule has 1 aliphatic rings. The standard InChI is InChI=1S/C18H22O6/c1-11-5-4-8-15(21)14(20)7-3-2-6-12-9-13(19)10-16(22)17(12)18(23)24-11/h4,8-11,14,19-20,22H,2-3,5-7H2,1H3/b8-4-. The average molecular weight is 334 g/mol. The molecule has 0 aromatic heterocycles. The summed E-state index contributed by atoms with van der Waals surface area (Å²) in [5.74, 6) is -1.47. The van der Waals surface area contributed by atoms with Gasteiger partial charge in [-0.05, 0) is 43.9 Å². The van der Waals surface area contributed by atoms with Gasteiger partial charge in [-0.3, -0.25) is 4.79 Å². The molecule has 0 amide bonds. The SMILES string of the molecule is CC1C/C=C\C(=O)C(O)CCCCc2cc(O)cc(O)c2C(=O)O1. The summed E-state index contributed by atoms with van der Waals surface area (Å²) in [4.78, 5) is 24.1. The number of carbonyl (C=O) groups is 2. The van der Waals surface area contributed by atoms with Gasteiger partial charge in [-0.15, -0.1) is 0 Å². The first-order valence-corrected chi connectivity index (χ1v) is 8.02. The molecule has 0 radical (unpaired) electrons. The van der Waals surface area contributed by atoms with Crippen LogP contribution in [-0.4, -0.2) is 39.3 Å². The Morgan fingerprint density at radius 3 is 2.67 bits per heavy atom. The van der Waals surface area contributed by atoms with Crippen molar-refractivity contribution in [3.63, 3.8) is 0 Å². The number of fused-ring (bicyclic) bond motifs is 1. The predicted molar refractivity (Wildman–Crippen MR) is 87.0 cm³/mol. The molecular formula is C18H22O6. The van der Waals surface area contributed by atoms with E-state index in [0.29, 0.717) is 37.7 Å². The van der Waals surface area contributed by atoms with Crippen LogP contribution < -0.4 is 0 Å². The molecule has 24 heavy (non-hydrogen) atoms. The number of rotatable bonds is 0. The van der Waals surface area contributed by atoms with E-state index < -0.39 is 18.2 Å². The fraction of sp³-hybridized carbons (Fsp3) is 0.444. The number of aliphatic hydroxyl groups is 1. The molecule has 1 aromatic carbocycles. The molecule has 2 rings (SSSR count). The van der Waals surface area contributed by atoms with Crippen LogP contribution in [0.15, 0.2) is 24.3 Å². The van der Waals surface area contributed by atoms with E-state index in [9.17, 15) is 24.9 Å². The number of phenols is 2. The summed E-state index contributed by atoms with van der Waals surface area (Å²) in [6, 6.07) is 2.53. The topological polar surface area (TPSA) is 104 Å². The van der Waals surface area contributed by atoms with Gasteiger partial charge in [0.2, 0.25) is 0 Å². The number of aryl methyl sites for hydroxylation is 1. The number of esters is 1. The van der Waals surface area contributed by atoms with E-state index in [2.05, 4.69) is 0 Å². The van der Waals surface area contributed by atoms with E-state index in [-0.39, 0.29) is 22.8 Å². The number of hydrogen-bond donors (Lipinski definition) is 3. The normalized spacial score (nSPS) is 24.6. The van der Waals surface area contributed by atoms with Gasteiger partial charge in [-0.2, -0.15) is 0 Å². The van der Waals surface area contributed by atoms with Crippen LogP contribution in [0.25, 0.3) is 0 Å². The molecule has 6 heteroatoms. The van der Waals surface area contributed by atoms with Crippen LogP contribution >= 0.6 is 0 Å². The summed E-state index contributed by atoms with van der Waals surface area (Å²) in [6.45, 7) is 1.67. The van der Waals surface area contributed by atoms with Crippen LogP contribution in [-0.2, 0) is 16.0 Å². The van der Waals surface area contributed by atoms with Gasteiger partial charge in [0.05, 0.1) is 0 Å². The van der Waals surface area contributed by atoms with Gasteiger partial charge < -0.3 is 20.1 Å². The number of cyclic esters (lactones) is 1. The first-order valence-electron chi connectivity index (χ1n) is 8.02. The van der Waals surface area contributed by atoms with Crippen molar-refractivity contribution in [2.75, 3.05) is 0 Å². The van der Waals surface area contributed by atoms with Crippen molar-refractivity contribution >= 4 is 11.8 Å². The molecule has 0 aliphatic carbocycles. The smallest absolute Gasteiger partial charge is 0.342 e. The fourth-order valence-corrected chi connectivity index (χ4v) is 2.67. The van der Waals surface area contributed by atoms with E-state index >= 15 is 0 Å². The number of ether oxygens (including phenoxy) is 1. The Labute approximate surface area is 140 Å².